The van der Waals surface area contributed by atoms with E-state index < -0.39 is 0 Å². The number of nitrogens with zero attached hydrogens (tertiary/aromatic N) is 1. The lowest BCUT2D eigenvalue weighted by Gasteiger charge is -2.39. The third-order valence-electron chi connectivity index (χ3n) is 3.32. The summed E-state index contributed by atoms with van der Waals surface area (Å²) in [4.78, 5) is 14.0. The van der Waals surface area contributed by atoms with Gasteiger partial charge in [0.2, 0.25) is 5.91 Å². The van der Waals surface area contributed by atoms with Crippen LogP contribution in [0.25, 0.3) is 0 Å². The molecule has 2 heteroatoms. The first-order valence-electron chi connectivity index (χ1n) is 5.40. The first kappa shape index (κ1) is 13.5. The SMILES string of the molecule is CCCN(C)C(=O)C(C)(C)C(C)(C)C. The van der Waals surface area contributed by atoms with Gasteiger partial charge in [0.15, 0.2) is 0 Å². The van der Waals surface area contributed by atoms with Gasteiger partial charge in [-0.15, -0.1) is 0 Å². The van der Waals surface area contributed by atoms with Crippen LogP contribution in [0.1, 0.15) is 48.0 Å². The summed E-state index contributed by atoms with van der Waals surface area (Å²) in [5.74, 6) is 0.242. The van der Waals surface area contributed by atoms with Crippen LogP contribution in [0.4, 0.5) is 0 Å². The van der Waals surface area contributed by atoms with E-state index in [4.69, 9.17) is 0 Å². The zero-order chi connectivity index (χ0) is 11.6. The van der Waals surface area contributed by atoms with E-state index in [0.717, 1.165) is 13.0 Å². The summed E-state index contributed by atoms with van der Waals surface area (Å²) in [5, 5.41) is 0. The maximum atomic E-state index is 12.1. The highest BCUT2D eigenvalue weighted by Gasteiger charge is 2.40. The Morgan fingerprint density at radius 1 is 1.14 bits per heavy atom. The molecule has 0 spiro atoms. The van der Waals surface area contributed by atoms with Crippen LogP contribution in [0.5, 0.6) is 0 Å². The minimum Gasteiger partial charge on any atom is -0.345 e. The normalized spacial score (nSPS) is 12.8. The van der Waals surface area contributed by atoms with E-state index in [1.165, 1.54) is 0 Å². The lowest BCUT2D eigenvalue weighted by molar-refractivity contribution is -0.144. The van der Waals surface area contributed by atoms with Gasteiger partial charge in [-0.1, -0.05) is 41.5 Å². The van der Waals surface area contributed by atoms with Crippen LogP contribution in [-0.4, -0.2) is 24.4 Å². The summed E-state index contributed by atoms with van der Waals surface area (Å²) in [6, 6.07) is 0. The van der Waals surface area contributed by atoms with E-state index in [2.05, 4.69) is 27.7 Å². The van der Waals surface area contributed by atoms with E-state index >= 15 is 0 Å². The van der Waals surface area contributed by atoms with Crippen molar-refractivity contribution in [3.05, 3.63) is 0 Å². The molecule has 0 atom stereocenters. The second-order valence-electron chi connectivity index (χ2n) is 5.60. The summed E-state index contributed by atoms with van der Waals surface area (Å²) in [6.45, 7) is 13.3. The predicted octanol–water partition coefficient (Wildman–Crippen LogP) is 2.93. The van der Waals surface area contributed by atoms with Crippen molar-refractivity contribution in [3.63, 3.8) is 0 Å². The molecule has 2 nitrogen and oxygen atoms in total. The summed E-state index contributed by atoms with van der Waals surface area (Å²) in [5.41, 5.74) is -0.289. The maximum Gasteiger partial charge on any atom is 0.228 e. The number of carbonyl (C=O) groups is 1. The zero-order valence-corrected chi connectivity index (χ0v) is 10.8. The van der Waals surface area contributed by atoms with Gasteiger partial charge in [-0.05, 0) is 11.8 Å². The van der Waals surface area contributed by atoms with Crippen molar-refractivity contribution < 1.29 is 4.79 Å². The highest BCUT2D eigenvalue weighted by molar-refractivity contribution is 5.82. The third kappa shape index (κ3) is 2.73. The van der Waals surface area contributed by atoms with Gasteiger partial charge in [-0.2, -0.15) is 0 Å². The largest absolute Gasteiger partial charge is 0.345 e. The Labute approximate surface area is 88.7 Å². The fourth-order valence-electron chi connectivity index (χ4n) is 1.23. The molecule has 0 saturated carbocycles. The van der Waals surface area contributed by atoms with Crippen molar-refractivity contribution in [1.82, 2.24) is 4.90 Å². The molecule has 0 bridgehead atoms. The molecule has 0 aromatic carbocycles. The van der Waals surface area contributed by atoms with E-state index in [1.807, 2.05) is 25.8 Å². The Morgan fingerprint density at radius 3 is 1.86 bits per heavy atom. The number of amides is 1. The van der Waals surface area contributed by atoms with Gasteiger partial charge in [0.05, 0.1) is 0 Å². The fraction of sp³-hybridized carbons (Fsp3) is 0.917. The molecule has 0 unspecified atom stereocenters. The standard InChI is InChI=1S/C12H25NO/c1-8-9-13(7)10(14)12(5,6)11(2,3)4/h8-9H2,1-7H3. The smallest absolute Gasteiger partial charge is 0.228 e. The lowest BCUT2D eigenvalue weighted by atomic mass is 9.68. The van der Waals surface area contributed by atoms with Crippen LogP contribution >= 0.6 is 0 Å². The second kappa shape index (κ2) is 4.33. The summed E-state index contributed by atoms with van der Waals surface area (Å²) in [6.07, 6.45) is 1.02. The summed E-state index contributed by atoms with van der Waals surface area (Å²) >= 11 is 0. The first-order chi connectivity index (χ1) is 6.14. The first-order valence-corrected chi connectivity index (χ1v) is 5.40. The van der Waals surface area contributed by atoms with Gasteiger partial charge in [-0.25, -0.2) is 0 Å². The molecule has 0 aromatic heterocycles. The minimum absolute atomic E-state index is 0.00604. The zero-order valence-electron chi connectivity index (χ0n) is 10.8. The van der Waals surface area contributed by atoms with Crippen molar-refractivity contribution in [1.29, 1.82) is 0 Å². The molecular formula is C12H25NO. The van der Waals surface area contributed by atoms with Crippen LogP contribution in [-0.2, 0) is 4.79 Å². The van der Waals surface area contributed by atoms with E-state index in [1.54, 1.807) is 0 Å². The van der Waals surface area contributed by atoms with Crippen molar-refractivity contribution in [3.8, 4) is 0 Å². The van der Waals surface area contributed by atoms with Gasteiger partial charge in [0.25, 0.3) is 0 Å². The van der Waals surface area contributed by atoms with Gasteiger partial charge < -0.3 is 4.90 Å². The highest BCUT2D eigenvalue weighted by Crippen LogP contribution is 2.39. The lowest BCUT2D eigenvalue weighted by Crippen LogP contribution is -2.46. The Balaban J connectivity index is 4.67. The molecule has 0 N–H and O–H groups in total. The van der Waals surface area contributed by atoms with Crippen LogP contribution in [0.2, 0.25) is 0 Å². The number of hydrogen-bond donors (Lipinski definition) is 0. The number of carbonyl (C=O) groups excluding carboxylic acids is 1. The minimum atomic E-state index is -0.295. The van der Waals surface area contributed by atoms with E-state index in [9.17, 15) is 4.79 Å². The second-order valence-corrected chi connectivity index (χ2v) is 5.60. The molecule has 84 valence electrons. The molecule has 0 saturated heterocycles. The van der Waals surface area contributed by atoms with Crippen LogP contribution < -0.4 is 0 Å². The molecule has 0 aliphatic carbocycles. The van der Waals surface area contributed by atoms with Crippen molar-refractivity contribution in [2.45, 2.75) is 48.0 Å². The predicted molar refractivity (Wildman–Crippen MR) is 61.2 cm³/mol. The molecule has 0 aliphatic heterocycles. The van der Waals surface area contributed by atoms with Gasteiger partial charge in [0, 0.05) is 19.0 Å². The molecule has 0 rings (SSSR count). The maximum absolute atomic E-state index is 12.1. The molecular weight excluding hydrogens is 174 g/mol. The summed E-state index contributed by atoms with van der Waals surface area (Å²) < 4.78 is 0. The monoisotopic (exact) mass is 199 g/mol. The van der Waals surface area contributed by atoms with E-state index in [-0.39, 0.29) is 16.7 Å². The molecule has 0 radical (unpaired) electrons. The van der Waals surface area contributed by atoms with E-state index in [0.29, 0.717) is 0 Å². The van der Waals surface area contributed by atoms with Gasteiger partial charge in [0.1, 0.15) is 0 Å². The third-order valence-corrected chi connectivity index (χ3v) is 3.32. The Morgan fingerprint density at radius 2 is 1.57 bits per heavy atom. The van der Waals surface area contributed by atoms with Crippen molar-refractivity contribution in [2.24, 2.45) is 10.8 Å². The Kier molecular flexibility index (Phi) is 4.16. The molecule has 0 aliphatic rings. The topological polar surface area (TPSA) is 20.3 Å². The number of hydrogen-bond acceptors (Lipinski definition) is 1. The molecule has 0 fully saturated rings. The van der Waals surface area contributed by atoms with Crippen molar-refractivity contribution >= 4 is 5.91 Å². The molecule has 0 aromatic rings. The quantitative estimate of drug-likeness (QED) is 0.684. The summed E-state index contributed by atoms with van der Waals surface area (Å²) in [7, 11) is 1.89. The molecule has 0 heterocycles. The molecule has 1 amide bonds. The van der Waals surface area contributed by atoms with Crippen LogP contribution in [0.3, 0.4) is 0 Å². The Hall–Kier alpha value is -0.530. The van der Waals surface area contributed by atoms with Gasteiger partial charge >= 0.3 is 0 Å². The average molecular weight is 199 g/mol. The Bertz CT molecular complexity index is 201. The average Bonchev–Trinajstić information content (AvgIpc) is 2.01. The van der Waals surface area contributed by atoms with Crippen LogP contribution in [0.15, 0.2) is 0 Å². The van der Waals surface area contributed by atoms with Gasteiger partial charge in [-0.3, -0.25) is 4.79 Å². The number of rotatable bonds is 3. The highest BCUT2D eigenvalue weighted by atomic mass is 16.2. The van der Waals surface area contributed by atoms with Crippen molar-refractivity contribution in [2.75, 3.05) is 13.6 Å². The van der Waals surface area contributed by atoms with Crippen LogP contribution in [0, 0.1) is 10.8 Å². The molecule has 14 heavy (non-hydrogen) atoms. The fourth-order valence-corrected chi connectivity index (χ4v) is 1.23.